The second-order valence-electron chi connectivity index (χ2n) is 5.96. The van der Waals surface area contributed by atoms with Crippen LogP contribution in [0.4, 0.5) is 5.82 Å². The first-order chi connectivity index (χ1) is 12.5. The minimum absolute atomic E-state index is 0.118. The Morgan fingerprint density at radius 1 is 1.15 bits per heavy atom. The van der Waals surface area contributed by atoms with Gasteiger partial charge < -0.3 is 10.6 Å². The van der Waals surface area contributed by atoms with Crippen LogP contribution in [0.25, 0.3) is 5.82 Å². The smallest absolute Gasteiger partial charge is 0.255 e. The Bertz CT molecular complexity index is 927. The molecule has 0 atom stereocenters. The first-order valence-corrected chi connectivity index (χ1v) is 8.32. The maximum absolute atomic E-state index is 12.3. The highest BCUT2D eigenvalue weighted by Gasteiger charge is 2.16. The van der Waals surface area contributed by atoms with E-state index in [9.17, 15) is 4.79 Å². The molecule has 0 aliphatic carbocycles. The first kappa shape index (κ1) is 17.6. The third-order valence-electron chi connectivity index (χ3n) is 4.18. The summed E-state index contributed by atoms with van der Waals surface area (Å²) in [6.45, 7) is 6.64. The number of aromatic nitrogens is 6. The van der Waals surface area contributed by atoms with Gasteiger partial charge in [-0.1, -0.05) is 0 Å². The van der Waals surface area contributed by atoms with Crippen molar-refractivity contribution in [2.45, 2.75) is 20.8 Å². The van der Waals surface area contributed by atoms with Crippen LogP contribution >= 0.6 is 0 Å². The van der Waals surface area contributed by atoms with Crippen molar-refractivity contribution in [3.8, 4) is 5.82 Å². The third-order valence-corrected chi connectivity index (χ3v) is 4.18. The SMILES string of the molecule is Cc1nn(C)c(C)c1C(=O)NCCNc1cc(-n2ccnc2C)ncn1. The zero-order chi connectivity index (χ0) is 18.7. The van der Waals surface area contributed by atoms with Crippen molar-refractivity contribution in [1.29, 1.82) is 0 Å². The Kier molecular flexibility index (Phi) is 4.97. The van der Waals surface area contributed by atoms with E-state index in [-0.39, 0.29) is 5.91 Å². The van der Waals surface area contributed by atoms with Gasteiger partial charge >= 0.3 is 0 Å². The zero-order valence-electron chi connectivity index (χ0n) is 15.3. The summed E-state index contributed by atoms with van der Waals surface area (Å²) in [4.78, 5) is 25.0. The van der Waals surface area contributed by atoms with Gasteiger partial charge in [0, 0.05) is 44.3 Å². The molecule has 3 heterocycles. The molecule has 0 unspecified atom stereocenters. The molecule has 0 aliphatic heterocycles. The average Bonchev–Trinajstić information content (AvgIpc) is 3.15. The van der Waals surface area contributed by atoms with Crippen LogP contribution in [0.1, 0.15) is 27.6 Å². The minimum Gasteiger partial charge on any atom is -0.368 e. The number of amides is 1. The summed E-state index contributed by atoms with van der Waals surface area (Å²) in [5.74, 6) is 2.16. The van der Waals surface area contributed by atoms with Crippen LogP contribution in [0.3, 0.4) is 0 Å². The van der Waals surface area contributed by atoms with Crippen LogP contribution in [0.5, 0.6) is 0 Å². The summed E-state index contributed by atoms with van der Waals surface area (Å²) in [7, 11) is 1.83. The van der Waals surface area contributed by atoms with Gasteiger partial charge in [0.15, 0.2) is 0 Å². The molecule has 9 nitrogen and oxygen atoms in total. The van der Waals surface area contributed by atoms with E-state index < -0.39 is 0 Å². The summed E-state index contributed by atoms with van der Waals surface area (Å²) in [5.41, 5.74) is 2.21. The first-order valence-electron chi connectivity index (χ1n) is 8.32. The number of nitrogens with zero attached hydrogens (tertiary/aromatic N) is 6. The number of nitrogens with one attached hydrogen (secondary N) is 2. The fourth-order valence-corrected chi connectivity index (χ4v) is 2.75. The van der Waals surface area contributed by atoms with Crippen molar-refractivity contribution in [2.24, 2.45) is 7.05 Å². The molecule has 26 heavy (non-hydrogen) atoms. The van der Waals surface area contributed by atoms with Crippen molar-refractivity contribution < 1.29 is 4.79 Å². The lowest BCUT2D eigenvalue weighted by atomic mass is 10.2. The molecule has 0 spiro atoms. The number of carbonyl (C=O) groups excluding carboxylic acids is 1. The third kappa shape index (κ3) is 3.56. The molecule has 0 aromatic carbocycles. The van der Waals surface area contributed by atoms with E-state index in [1.165, 1.54) is 6.33 Å². The molecule has 0 aliphatic rings. The van der Waals surface area contributed by atoms with Crippen LogP contribution in [0.15, 0.2) is 24.8 Å². The molecular formula is C17H22N8O. The summed E-state index contributed by atoms with van der Waals surface area (Å²) < 4.78 is 3.59. The lowest BCUT2D eigenvalue weighted by Crippen LogP contribution is -2.29. The summed E-state index contributed by atoms with van der Waals surface area (Å²) in [6, 6.07) is 1.84. The molecule has 3 aromatic heterocycles. The van der Waals surface area contributed by atoms with E-state index in [4.69, 9.17) is 0 Å². The summed E-state index contributed by atoms with van der Waals surface area (Å²) >= 11 is 0. The van der Waals surface area contributed by atoms with Crippen molar-refractivity contribution in [3.63, 3.8) is 0 Å². The van der Waals surface area contributed by atoms with Gasteiger partial charge in [-0.25, -0.2) is 15.0 Å². The summed E-state index contributed by atoms with van der Waals surface area (Å²) in [5, 5.41) is 10.4. The number of aryl methyl sites for hydroxylation is 3. The number of rotatable bonds is 6. The predicted molar refractivity (Wildman–Crippen MR) is 97.4 cm³/mol. The van der Waals surface area contributed by atoms with Gasteiger partial charge in [0.2, 0.25) is 0 Å². The fraction of sp³-hybridized carbons (Fsp3) is 0.353. The lowest BCUT2D eigenvalue weighted by molar-refractivity contribution is 0.0954. The molecule has 0 saturated carbocycles. The fourth-order valence-electron chi connectivity index (χ4n) is 2.75. The Labute approximate surface area is 151 Å². The van der Waals surface area contributed by atoms with Crippen LogP contribution in [-0.4, -0.2) is 48.3 Å². The topological polar surface area (TPSA) is 103 Å². The van der Waals surface area contributed by atoms with E-state index in [1.54, 1.807) is 10.9 Å². The van der Waals surface area contributed by atoms with Gasteiger partial charge in [-0.15, -0.1) is 0 Å². The standard InChI is InChI=1S/C17H22N8O/c1-11-16(12(2)24(4)23-11)17(26)20-6-5-19-14-9-15(22-10-21-14)25-8-7-18-13(25)3/h7-10H,5-6H2,1-4H3,(H,20,26)(H,19,21,22). The summed E-state index contributed by atoms with van der Waals surface area (Å²) in [6.07, 6.45) is 5.07. The minimum atomic E-state index is -0.118. The molecule has 3 rings (SSSR count). The van der Waals surface area contributed by atoms with Crippen molar-refractivity contribution in [2.75, 3.05) is 18.4 Å². The highest BCUT2D eigenvalue weighted by molar-refractivity contribution is 5.96. The normalized spacial score (nSPS) is 10.8. The van der Waals surface area contributed by atoms with Crippen LogP contribution in [0.2, 0.25) is 0 Å². The van der Waals surface area contributed by atoms with Gasteiger partial charge in [-0.3, -0.25) is 14.0 Å². The zero-order valence-corrected chi connectivity index (χ0v) is 15.3. The molecular weight excluding hydrogens is 332 g/mol. The monoisotopic (exact) mass is 354 g/mol. The average molecular weight is 354 g/mol. The lowest BCUT2D eigenvalue weighted by Gasteiger charge is -2.09. The Hall–Kier alpha value is -3.23. The molecule has 1 amide bonds. The van der Waals surface area contributed by atoms with E-state index in [0.29, 0.717) is 24.5 Å². The molecule has 136 valence electrons. The molecule has 0 bridgehead atoms. The number of hydrogen-bond acceptors (Lipinski definition) is 6. The Balaban J connectivity index is 1.56. The number of hydrogen-bond donors (Lipinski definition) is 2. The highest BCUT2D eigenvalue weighted by Crippen LogP contribution is 2.12. The van der Waals surface area contributed by atoms with E-state index in [1.807, 2.05) is 44.6 Å². The second kappa shape index (κ2) is 7.34. The molecule has 0 fully saturated rings. The highest BCUT2D eigenvalue weighted by atomic mass is 16.1. The van der Waals surface area contributed by atoms with Gasteiger partial charge in [0.05, 0.1) is 11.3 Å². The van der Waals surface area contributed by atoms with Crippen molar-refractivity contribution >= 4 is 11.7 Å². The van der Waals surface area contributed by atoms with Crippen molar-refractivity contribution in [3.05, 3.63) is 47.6 Å². The molecule has 9 heteroatoms. The number of imidazole rings is 1. The predicted octanol–water partition coefficient (Wildman–Crippen LogP) is 1.16. The van der Waals surface area contributed by atoms with Gasteiger partial charge in [-0.2, -0.15) is 5.10 Å². The Morgan fingerprint density at radius 3 is 2.62 bits per heavy atom. The number of anilines is 1. The largest absolute Gasteiger partial charge is 0.368 e. The maximum atomic E-state index is 12.3. The van der Waals surface area contributed by atoms with Gasteiger partial charge in [0.1, 0.15) is 23.8 Å². The molecule has 0 saturated heterocycles. The van der Waals surface area contributed by atoms with Crippen LogP contribution < -0.4 is 10.6 Å². The molecule has 2 N–H and O–H groups in total. The van der Waals surface area contributed by atoms with Crippen LogP contribution in [0, 0.1) is 20.8 Å². The van der Waals surface area contributed by atoms with Gasteiger partial charge in [0.25, 0.3) is 5.91 Å². The molecule has 3 aromatic rings. The quantitative estimate of drug-likeness (QED) is 0.644. The van der Waals surface area contributed by atoms with E-state index in [0.717, 1.165) is 23.0 Å². The van der Waals surface area contributed by atoms with E-state index >= 15 is 0 Å². The molecule has 0 radical (unpaired) electrons. The Morgan fingerprint density at radius 2 is 1.96 bits per heavy atom. The number of carbonyl (C=O) groups is 1. The van der Waals surface area contributed by atoms with Crippen molar-refractivity contribution in [1.82, 2.24) is 34.6 Å². The maximum Gasteiger partial charge on any atom is 0.255 e. The second-order valence-corrected chi connectivity index (χ2v) is 5.96. The van der Waals surface area contributed by atoms with E-state index in [2.05, 4.69) is 30.7 Å². The van der Waals surface area contributed by atoms with Crippen LogP contribution in [-0.2, 0) is 7.05 Å². The van der Waals surface area contributed by atoms with Gasteiger partial charge in [-0.05, 0) is 20.8 Å².